The minimum atomic E-state index is 0.243. The van der Waals surface area contributed by atoms with E-state index in [1.807, 2.05) is 11.9 Å². The van der Waals surface area contributed by atoms with Gasteiger partial charge >= 0.3 is 0 Å². The normalized spacial score (nSPS) is 19.3. The second-order valence-electron chi connectivity index (χ2n) is 6.97. The largest absolute Gasteiger partial charge is 0.346 e. The predicted octanol–water partition coefficient (Wildman–Crippen LogP) is 4.32. The van der Waals surface area contributed by atoms with Gasteiger partial charge in [0.2, 0.25) is 5.91 Å². The van der Waals surface area contributed by atoms with Gasteiger partial charge in [-0.25, -0.2) is 0 Å². The van der Waals surface area contributed by atoms with E-state index in [0.717, 1.165) is 19.5 Å². The number of carbonyl (C=O) groups is 1. The fourth-order valence-corrected chi connectivity index (χ4v) is 3.40. The molecular formula is C19H38N2O. The molecule has 0 aromatic heterocycles. The first-order chi connectivity index (χ1) is 10.7. The van der Waals surface area contributed by atoms with Crippen LogP contribution < -0.4 is 0 Å². The molecule has 1 amide bonds. The lowest BCUT2D eigenvalue weighted by atomic mass is 9.96. The zero-order valence-electron chi connectivity index (χ0n) is 15.3. The highest BCUT2D eigenvalue weighted by Crippen LogP contribution is 2.19. The SMILES string of the molecule is CCCCCCCCCCN1CCC[C@@H](C(=O)N(C)CC)C1. The number of rotatable bonds is 11. The lowest BCUT2D eigenvalue weighted by Crippen LogP contribution is -2.43. The fraction of sp³-hybridized carbons (Fsp3) is 0.947. The first kappa shape index (κ1) is 19.5. The van der Waals surface area contributed by atoms with E-state index >= 15 is 0 Å². The van der Waals surface area contributed by atoms with Crippen LogP contribution in [0.1, 0.15) is 78.1 Å². The predicted molar refractivity (Wildman–Crippen MR) is 95.1 cm³/mol. The summed E-state index contributed by atoms with van der Waals surface area (Å²) in [4.78, 5) is 16.7. The maximum absolute atomic E-state index is 12.3. The number of amides is 1. The Balaban J connectivity index is 2.09. The van der Waals surface area contributed by atoms with Crippen LogP contribution in [0.4, 0.5) is 0 Å². The summed E-state index contributed by atoms with van der Waals surface area (Å²) in [5.74, 6) is 0.593. The number of hydrogen-bond donors (Lipinski definition) is 0. The average Bonchev–Trinajstić information content (AvgIpc) is 2.56. The Labute approximate surface area is 138 Å². The third-order valence-corrected chi connectivity index (χ3v) is 5.03. The molecule has 0 aromatic rings. The first-order valence-electron chi connectivity index (χ1n) is 9.66. The summed E-state index contributed by atoms with van der Waals surface area (Å²) in [5.41, 5.74) is 0. The number of piperidine rings is 1. The van der Waals surface area contributed by atoms with Crippen LogP contribution in [0, 0.1) is 5.92 Å². The molecule has 1 fully saturated rings. The number of carbonyl (C=O) groups excluding carboxylic acids is 1. The molecule has 0 saturated carbocycles. The van der Waals surface area contributed by atoms with Crippen LogP contribution in [-0.4, -0.2) is 48.9 Å². The van der Waals surface area contributed by atoms with Crippen molar-refractivity contribution in [3.05, 3.63) is 0 Å². The topological polar surface area (TPSA) is 23.6 Å². The Kier molecular flexibility index (Phi) is 10.6. The Bertz CT molecular complexity index is 293. The molecule has 0 N–H and O–H groups in total. The second kappa shape index (κ2) is 11.9. The summed E-state index contributed by atoms with van der Waals surface area (Å²) >= 11 is 0. The molecule has 0 spiro atoms. The number of nitrogens with zero attached hydrogens (tertiary/aromatic N) is 2. The molecular weight excluding hydrogens is 272 g/mol. The average molecular weight is 311 g/mol. The smallest absolute Gasteiger partial charge is 0.226 e. The highest BCUT2D eigenvalue weighted by Gasteiger charge is 2.26. The summed E-state index contributed by atoms with van der Waals surface area (Å²) in [6, 6.07) is 0. The van der Waals surface area contributed by atoms with Crippen LogP contribution in [0.25, 0.3) is 0 Å². The van der Waals surface area contributed by atoms with Gasteiger partial charge in [0.1, 0.15) is 0 Å². The highest BCUT2D eigenvalue weighted by molar-refractivity contribution is 5.78. The molecule has 1 rings (SSSR count). The zero-order valence-corrected chi connectivity index (χ0v) is 15.3. The molecule has 22 heavy (non-hydrogen) atoms. The van der Waals surface area contributed by atoms with E-state index < -0.39 is 0 Å². The third-order valence-electron chi connectivity index (χ3n) is 5.03. The molecule has 1 aliphatic heterocycles. The second-order valence-corrected chi connectivity index (χ2v) is 6.97. The van der Waals surface area contributed by atoms with E-state index in [0.29, 0.717) is 5.91 Å². The zero-order chi connectivity index (χ0) is 16.2. The van der Waals surface area contributed by atoms with Gasteiger partial charge in [-0.3, -0.25) is 4.79 Å². The molecule has 0 bridgehead atoms. The lowest BCUT2D eigenvalue weighted by molar-refractivity contribution is -0.135. The van der Waals surface area contributed by atoms with E-state index in [2.05, 4.69) is 18.7 Å². The summed E-state index contributed by atoms with van der Waals surface area (Å²) in [6.45, 7) is 8.52. The molecule has 1 atom stereocenters. The molecule has 3 nitrogen and oxygen atoms in total. The molecule has 0 radical (unpaired) electrons. The maximum Gasteiger partial charge on any atom is 0.226 e. The standard InChI is InChI=1S/C19H38N2O/c1-4-6-7-8-9-10-11-12-15-21-16-13-14-18(17-21)19(22)20(3)5-2/h18H,4-17H2,1-3H3/t18-/m1/s1. The lowest BCUT2D eigenvalue weighted by Gasteiger charge is -2.33. The van der Waals surface area contributed by atoms with Gasteiger partial charge in [-0.05, 0) is 39.3 Å². The van der Waals surface area contributed by atoms with Crippen molar-refractivity contribution >= 4 is 5.91 Å². The fourth-order valence-electron chi connectivity index (χ4n) is 3.40. The minimum Gasteiger partial charge on any atom is -0.346 e. The molecule has 0 aromatic carbocycles. The Morgan fingerprint density at radius 1 is 1.05 bits per heavy atom. The third kappa shape index (κ3) is 7.62. The highest BCUT2D eigenvalue weighted by atomic mass is 16.2. The molecule has 1 aliphatic rings. The van der Waals surface area contributed by atoms with Crippen LogP contribution in [0.5, 0.6) is 0 Å². The van der Waals surface area contributed by atoms with Crippen molar-refractivity contribution in [1.82, 2.24) is 9.80 Å². The van der Waals surface area contributed by atoms with Gasteiger partial charge < -0.3 is 9.80 Å². The minimum absolute atomic E-state index is 0.243. The Hall–Kier alpha value is -0.570. The molecule has 0 unspecified atom stereocenters. The number of likely N-dealkylation sites (tertiary alicyclic amines) is 1. The van der Waals surface area contributed by atoms with Crippen LogP contribution in [0.15, 0.2) is 0 Å². The van der Waals surface area contributed by atoms with Crippen LogP contribution >= 0.6 is 0 Å². The molecule has 0 aliphatic carbocycles. The van der Waals surface area contributed by atoms with Crippen LogP contribution in [-0.2, 0) is 4.79 Å². The number of hydrogen-bond acceptors (Lipinski definition) is 2. The van der Waals surface area contributed by atoms with Gasteiger partial charge in [-0.15, -0.1) is 0 Å². The van der Waals surface area contributed by atoms with Crippen molar-refractivity contribution in [2.45, 2.75) is 78.1 Å². The molecule has 3 heteroatoms. The number of unbranched alkanes of at least 4 members (excludes halogenated alkanes) is 7. The van der Waals surface area contributed by atoms with Crippen molar-refractivity contribution in [3.63, 3.8) is 0 Å². The summed E-state index contributed by atoms with van der Waals surface area (Å²) in [6.07, 6.45) is 13.3. The van der Waals surface area contributed by atoms with E-state index in [1.165, 1.54) is 70.9 Å². The van der Waals surface area contributed by atoms with Crippen molar-refractivity contribution in [2.75, 3.05) is 33.2 Å². The van der Waals surface area contributed by atoms with Crippen LogP contribution in [0.2, 0.25) is 0 Å². The van der Waals surface area contributed by atoms with Gasteiger partial charge in [-0.1, -0.05) is 51.9 Å². The van der Waals surface area contributed by atoms with Crippen molar-refractivity contribution in [3.8, 4) is 0 Å². The van der Waals surface area contributed by atoms with Crippen molar-refractivity contribution in [2.24, 2.45) is 5.92 Å². The van der Waals surface area contributed by atoms with E-state index in [9.17, 15) is 4.79 Å². The van der Waals surface area contributed by atoms with Crippen molar-refractivity contribution < 1.29 is 4.79 Å². The Morgan fingerprint density at radius 2 is 1.68 bits per heavy atom. The van der Waals surface area contributed by atoms with Crippen LogP contribution in [0.3, 0.4) is 0 Å². The molecule has 130 valence electrons. The van der Waals surface area contributed by atoms with Gasteiger partial charge in [-0.2, -0.15) is 0 Å². The van der Waals surface area contributed by atoms with Gasteiger partial charge in [0, 0.05) is 20.1 Å². The molecule has 1 heterocycles. The van der Waals surface area contributed by atoms with E-state index in [1.54, 1.807) is 0 Å². The van der Waals surface area contributed by atoms with Gasteiger partial charge in [0.15, 0.2) is 0 Å². The maximum atomic E-state index is 12.3. The van der Waals surface area contributed by atoms with Gasteiger partial charge in [0.05, 0.1) is 5.92 Å². The summed E-state index contributed by atoms with van der Waals surface area (Å²) in [7, 11) is 1.93. The monoisotopic (exact) mass is 310 g/mol. The van der Waals surface area contributed by atoms with Crippen molar-refractivity contribution in [1.29, 1.82) is 0 Å². The van der Waals surface area contributed by atoms with Gasteiger partial charge in [0.25, 0.3) is 0 Å². The quantitative estimate of drug-likeness (QED) is 0.531. The summed E-state index contributed by atoms with van der Waals surface area (Å²) < 4.78 is 0. The first-order valence-corrected chi connectivity index (χ1v) is 9.66. The van der Waals surface area contributed by atoms with E-state index in [4.69, 9.17) is 0 Å². The van der Waals surface area contributed by atoms with E-state index in [-0.39, 0.29) is 5.92 Å². The summed E-state index contributed by atoms with van der Waals surface area (Å²) in [5, 5.41) is 0. The Morgan fingerprint density at radius 3 is 2.32 bits per heavy atom. The molecule has 1 saturated heterocycles.